The first kappa shape index (κ1) is 14.4. The predicted molar refractivity (Wildman–Crippen MR) is 89.8 cm³/mol. The van der Waals surface area contributed by atoms with E-state index in [1.54, 1.807) is 0 Å². The average molecular weight is 397 g/mol. The van der Waals surface area contributed by atoms with Crippen molar-refractivity contribution in [3.05, 3.63) is 27.5 Å². The van der Waals surface area contributed by atoms with E-state index < -0.39 is 0 Å². The average Bonchev–Trinajstić information content (AvgIpc) is 2.96. The van der Waals surface area contributed by atoms with Crippen molar-refractivity contribution < 1.29 is 9.47 Å². The standard InChI is InChI=1S/C15H16IN3O2/c1-3-6-17-15-13(16)9(2)18-14(19-15)10-4-5-11-12(7-10)21-8-20-11/h4-5,7H,3,6,8H2,1-2H3,(H,17,18,19). The SMILES string of the molecule is CCCNc1nc(-c2ccc3c(c2)OCO3)nc(C)c1I. The summed E-state index contributed by atoms with van der Waals surface area (Å²) in [5, 5.41) is 3.35. The van der Waals surface area contributed by atoms with Crippen molar-refractivity contribution in [2.45, 2.75) is 20.3 Å². The Bertz CT molecular complexity index is 676. The van der Waals surface area contributed by atoms with Gasteiger partial charge in [0.25, 0.3) is 0 Å². The monoisotopic (exact) mass is 397 g/mol. The van der Waals surface area contributed by atoms with Crippen LogP contribution in [0.15, 0.2) is 18.2 Å². The Labute approximate surface area is 137 Å². The molecular weight excluding hydrogens is 381 g/mol. The molecule has 0 bridgehead atoms. The highest BCUT2D eigenvalue weighted by atomic mass is 127. The van der Waals surface area contributed by atoms with Crippen molar-refractivity contribution in [3.63, 3.8) is 0 Å². The largest absolute Gasteiger partial charge is 0.454 e. The second kappa shape index (κ2) is 6.05. The van der Waals surface area contributed by atoms with Crippen molar-refractivity contribution in [1.29, 1.82) is 0 Å². The minimum atomic E-state index is 0.272. The first-order valence-electron chi connectivity index (χ1n) is 6.87. The van der Waals surface area contributed by atoms with Crippen LogP contribution < -0.4 is 14.8 Å². The number of aromatic nitrogens is 2. The topological polar surface area (TPSA) is 56.3 Å². The Morgan fingerprint density at radius 2 is 2.05 bits per heavy atom. The number of anilines is 1. The molecule has 1 aromatic heterocycles. The highest BCUT2D eigenvalue weighted by Gasteiger charge is 2.16. The Balaban J connectivity index is 2.00. The molecule has 3 rings (SSSR count). The molecular formula is C15H16IN3O2. The normalized spacial score (nSPS) is 12.5. The zero-order chi connectivity index (χ0) is 14.8. The van der Waals surface area contributed by atoms with Crippen LogP contribution in [-0.4, -0.2) is 23.3 Å². The lowest BCUT2D eigenvalue weighted by Gasteiger charge is -2.11. The Hall–Kier alpha value is -1.57. The van der Waals surface area contributed by atoms with Crippen molar-refractivity contribution in [3.8, 4) is 22.9 Å². The highest BCUT2D eigenvalue weighted by molar-refractivity contribution is 14.1. The van der Waals surface area contributed by atoms with Gasteiger partial charge in [0.2, 0.25) is 6.79 Å². The number of ether oxygens (including phenoxy) is 2. The lowest BCUT2D eigenvalue weighted by Crippen LogP contribution is -2.07. The van der Waals surface area contributed by atoms with E-state index in [1.807, 2.05) is 25.1 Å². The zero-order valence-corrected chi connectivity index (χ0v) is 14.1. The molecule has 0 unspecified atom stereocenters. The zero-order valence-electron chi connectivity index (χ0n) is 11.9. The number of aryl methyl sites for hydroxylation is 1. The van der Waals surface area contributed by atoms with Crippen LogP contribution >= 0.6 is 22.6 Å². The third-order valence-electron chi connectivity index (χ3n) is 3.19. The van der Waals surface area contributed by atoms with Gasteiger partial charge in [-0.25, -0.2) is 9.97 Å². The van der Waals surface area contributed by atoms with E-state index in [0.717, 1.165) is 45.1 Å². The lowest BCUT2D eigenvalue weighted by molar-refractivity contribution is 0.174. The molecule has 1 aliphatic heterocycles. The molecule has 0 radical (unpaired) electrons. The molecule has 5 nitrogen and oxygen atoms in total. The molecule has 0 spiro atoms. The van der Waals surface area contributed by atoms with Crippen LogP contribution in [0.1, 0.15) is 19.0 Å². The van der Waals surface area contributed by atoms with Crippen LogP contribution in [0.4, 0.5) is 5.82 Å². The Morgan fingerprint density at radius 3 is 2.86 bits per heavy atom. The van der Waals surface area contributed by atoms with Crippen LogP contribution in [-0.2, 0) is 0 Å². The fourth-order valence-electron chi connectivity index (χ4n) is 2.08. The van der Waals surface area contributed by atoms with Gasteiger partial charge in [-0.05, 0) is 54.1 Å². The summed E-state index contributed by atoms with van der Waals surface area (Å²) in [7, 11) is 0. The van der Waals surface area contributed by atoms with E-state index in [1.165, 1.54) is 0 Å². The molecule has 0 saturated heterocycles. The fraction of sp³-hybridized carbons (Fsp3) is 0.333. The van der Waals surface area contributed by atoms with E-state index in [2.05, 4.69) is 44.8 Å². The molecule has 6 heteroatoms. The van der Waals surface area contributed by atoms with E-state index in [4.69, 9.17) is 9.47 Å². The van der Waals surface area contributed by atoms with Crippen LogP contribution in [0.25, 0.3) is 11.4 Å². The van der Waals surface area contributed by atoms with E-state index >= 15 is 0 Å². The molecule has 0 atom stereocenters. The predicted octanol–water partition coefficient (Wildman–Crippen LogP) is 3.61. The number of nitrogens with zero attached hydrogens (tertiary/aromatic N) is 2. The third-order valence-corrected chi connectivity index (χ3v) is 4.48. The van der Waals surface area contributed by atoms with Gasteiger partial charge >= 0.3 is 0 Å². The number of hydrogen-bond donors (Lipinski definition) is 1. The summed E-state index contributed by atoms with van der Waals surface area (Å²) < 4.78 is 11.8. The Kier molecular flexibility index (Phi) is 4.14. The van der Waals surface area contributed by atoms with Gasteiger partial charge in [-0.2, -0.15) is 0 Å². The lowest BCUT2D eigenvalue weighted by atomic mass is 10.2. The summed E-state index contributed by atoms with van der Waals surface area (Å²) in [6.45, 7) is 5.30. The third kappa shape index (κ3) is 2.90. The number of rotatable bonds is 4. The van der Waals surface area contributed by atoms with Crippen molar-refractivity contribution >= 4 is 28.4 Å². The number of fused-ring (bicyclic) bond motifs is 1. The number of halogens is 1. The van der Waals surface area contributed by atoms with Crippen molar-refractivity contribution in [2.24, 2.45) is 0 Å². The number of nitrogens with one attached hydrogen (secondary N) is 1. The Morgan fingerprint density at radius 1 is 1.24 bits per heavy atom. The van der Waals surface area contributed by atoms with E-state index in [-0.39, 0.29) is 6.79 Å². The van der Waals surface area contributed by atoms with Gasteiger partial charge in [0.05, 0.1) is 9.26 Å². The molecule has 2 heterocycles. The molecule has 1 N–H and O–H groups in total. The molecule has 0 saturated carbocycles. The molecule has 0 fully saturated rings. The molecule has 110 valence electrons. The van der Waals surface area contributed by atoms with Gasteiger partial charge in [-0.1, -0.05) is 6.92 Å². The van der Waals surface area contributed by atoms with Gasteiger partial charge < -0.3 is 14.8 Å². The molecule has 2 aromatic rings. The van der Waals surface area contributed by atoms with Gasteiger partial charge in [0.15, 0.2) is 17.3 Å². The second-order valence-electron chi connectivity index (χ2n) is 4.79. The maximum Gasteiger partial charge on any atom is 0.231 e. The van der Waals surface area contributed by atoms with Gasteiger partial charge in [-0.3, -0.25) is 0 Å². The summed E-state index contributed by atoms with van der Waals surface area (Å²) in [6.07, 6.45) is 1.05. The van der Waals surface area contributed by atoms with E-state index in [9.17, 15) is 0 Å². The minimum absolute atomic E-state index is 0.272. The maximum absolute atomic E-state index is 5.41. The minimum Gasteiger partial charge on any atom is -0.454 e. The fourth-order valence-corrected chi connectivity index (χ4v) is 2.52. The van der Waals surface area contributed by atoms with Crippen molar-refractivity contribution in [2.75, 3.05) is 18.7 Å². The number of benzene rings is 1. The van der Waals surface area contributed by atoms with Gasteiger partial charge in [-0.15, -0.1) is 0 Å². The second-order valence-corrected chi connectivity index (χ2v) is 5.87. The summed E-state index contributed by atoms with van der Waals surface area (Å²) in [6, 6.07) is 5.78. The summed E-state index contributed by atoms with van der Waals surface area (Å²) in [4.78, 5) is 9.22. The molecule has 21 heavy (non-hydrogen) atoms. The van der Waals surface area contributed by atoms with Crippen LogP contribution in [0.5, 0.6) is 11.5 Å². The van der Waals surface area contributed by atoms with Crippen LogP contribution in [0.2, 0.25) is 0 Å². The van der Waals surface area contributed by atoms with E-state index in [0.29, 0.717) is 5.82 Å². The van der Waals surface area contributed by atoms with Gasteiger partial charge in [0.1, 0.15) is 5.82 Å². The van der Waals surface area contributed by atoms with Gasteiger partial charge in [0, 0.05) is 12.1 Å². The highest BCUT2D eigenvalue weighted by Crippen LogP contribution is 2.35. The quantitative estimate of drug-likeness (QED) is 0.800. The molecule has 1 aliphatic rings. The van der Waals surface area contributed by atoms with Crippen LogP contribution in [0.3, 0.4) is 0 Å². The molecule has 1 aromatic carbocycles. The number of hydrogen-bond acceptors (Lipinski definition) is 5. The smallest absolute Gasteiger partial charge is 0.231 e. The summed E-state index contributed by atoms with van der Waals surface area (Å²) in [5.74, 6) is 3.10. The first-order valence-corrected chi connectivity index (χ1v) is 7.95. The first-order chi connectivity index (χ1) is 10.2. The molecule has 0 aliphatic carbocycles. The maximum atomic E-state index is 5.41. The van der Waals surface area contributed by atoms with Crippen LogP contribution in [0, 0.1) is 10.5 Å². The van der Waals surface area contributed by atoms with Crippen molar-refractivity contribution in [1.82, 2.24) is 9.97 Å². The molecule has 0 amide bonds. The summed E-state index contributed by atoms with van der Waals surface area (Å²) in [5.41, 5.74) is 1.90. The summed E-state index contributed by atoms with van der Waals surface area (Å²) >= 11 is 2.28.